The Morgan fingerprint density at radius 2 is 1.78 bits per heavy atom. The molecule has 0 saturated heterocycles. The molecule has 2 aromatic carbocycles. The second-order valence-electron chi connectivity index (χ2n) is 5.25. The first-order valence-electron chi connectivity index (χ1n) is 7.73. The highest BCUT2D eigenvalue weighted by Gasteiger charge is 2.08. The molecule has 0 bridgehead atoms. The van der Waals surface area contributed by atoms with Gasteiger partial charge in [0.05, 0.1) is 31.3 Å². The zero-order valence-corrected chi connectivity index (χ0v) is 13.2. The Labute approximate surface area is 135 Å². The lowest BCUT2D eigenvalue weighted by molar-refractivity contribution is 0.301. The van der Waals surface area contributed by atoms with Crippen molar-refractivity contribution >= 4 is 11.0 Å². The van der Waals surface area contributed by atoms with Gasteiger partial charge in [0.25, 0.3) is 0 Å². The number of fused-ring (bicyclic) bond motifs is 1. The van der Waals surface area contributed by atoms with Crippen LogP contribution in [0.15, 0.2) is 48.5 Å². The molecule has 0 atom stereocenters. The van der Waals surface area contributed by atoms with Gasteiger partial charge in [0.2, 0.25) is 0 Å². The minimum atomic E-state index is 0.439. The van der Waals surface area contributed by atoms with Gasteiger partial charge in [-0.15, -0.1) is 0 Å². The van der Waals surface area contributed by atoms with E-state index in [0.29, 0.717) is 13.2 Å². The van der Waals surface area contributed by atoms with E-state index in [2.05, 4.69) is 15.6 Å². The molecule has 0 aliphatic rings. The van der Waals surface area contributed by atoms with Crippen molar-refractivity contribution in [1.29, 1.82) is 0 Å². The summed E-state index contributed by atoms with van der Waals surface area (Å²) in [6.45, 7) is 1.92. The summed E-state index contributed by atoms with van der Waals surface area (Å²) in [4.78, 5) is 4.57. The van der Waals surface area contributed by atoms with Gasteiger partial charge in [-0.05, 0) is 42.8 Å². The number of methoxy groups -OCH3 is 1. The van der Waals surface area contributed by atoms with E-state index >= 15 is 0 Å². The van der Waals surface area contributed by atoms with Crippen LogP contribution >= 0.6 is 0 Å². The van der Waals surface area contributed by atoms with E-state index in [9.17, 15) is 0 Å². The fraction of sp³-hybridized carbons (Fsp3) is 0.278. The Morgan fingerprint density at radius 1 is 1.04 bits per heavy atom. The molecule has 0 radical (unpaired) electrons. The molecule has 0 fully saturated rings. The van der Waals surface area contributed by atoms with Crippen molar-refractivity contribution in [2.45, 2.75) is 19.5 Å². The Balaban J connectivity index is 1.60. The second kappa shape index (κ2) is 7.15. The van der Waals surface area contributed by atoms with Crippen molar-refractivity contribution in [3.63, 3.8) is 0 Å². The molecule has 5 nitrogen and oxygen atoms in total. The SMILES string of the molecule is COc1ccc(OCCCn2c(CN)nc3ccccc32)cc1. The lowest BCUT2D eigenvalue weighted by Crippen LogP contribution is -2.10. The van der Waals surface area contributed by atoms with E-state index in [1.165, 1.54) is 0 Å². The summed E-state index contributed by atoms with van der Waals surface area (Å²) in [5.74, 6) is 2.59. The third-order valence-corrected chi connectivity index (χ3v) is 3.77. The molecule has 0 aliphatic carbocycles. The lowest BCUT2D eigenvalue weighted by Gasteiger charge is -2.10. The van der Waals surface area contributed by atoms with Crippen molar-refractivity contribution < 1.29 is 9.47 Å². The van der Waals surface area contributed by atoms with Crippen LogP contribution in [0.25, 0.3) is 11.0 Å². The van der Waals surface area contributed by atoms with Crippen LogP contribution in [0.4, 0.5) is 0 Å². The van der Waals surface area contributed by atoms with Gasteiger partial charge in [-0.1, -0.05) is 12.1 Å². The number of nitrogens with zero attached hydrogens (tertiary/aromatic N) is 2. The zero-order chi connectivity index (χ0) is 16.1. The minimum absolute atomic E-state index is 0.439. The quantitative estimate of drug-likeness (QED) is 0.681. The molecule has 2 N–H and O–H groups in total. The second-order valence-corrected chi connectivity index (χ2v) is 5.25. The van der Waals surface area contributed by atoms with Crippen LogP contribution in [0, 0.1) is 0 Å². The highest BCUT2D eigenvalue weighted by Crippen LogP contribution is 2.18. The molecule has 23 heavy (non-hydrogen) atoms. The first kappa shape index (κ1) is 15.4. The molecule has 0 saturated carbocycles. The van der Waals surface area contributed by atoms with Crippen LogP contribution in [-0.4, -0.2) is 23.3 Å². The predicted octanol–water partition coefficient (Wildman–Crippen LogP) is 2.97. The number of ether oxygens (including phenoxy) is 2. The van der Waals surface area contributed by atoms with Crippen LogP contribution in [0.3, 0.4) is 0 Å². The molecular formula is C18H21N3O2. The first-order chi connectivity index (χ1) is 11.3. The Bertz CT molecular complexity index is 766. The number of aryl methyl sites for hydroxylation is 1. The molecule has 1 aromatic heterocycles. The minimum Gasteiger partial charge on any atom is -0.497 e. The summed E-state index contributed by atoms with van der Waals surface area (Å²) in [6.07, 6.45) is 0.888. The van der Waals surface area contributed by atoms with Gasteiger partial charge < -0.3 is 19.8 Å². The number of imidazole rings is 1. The number of para-hydroxylation sites is 2. The van der Waals surface area contributed by atoms with Gasteiger partial charge in [-0.3, -0.25) is 0 Å². The smallest absolute Gasteiger partial charge is 0.123 e. The number of nitrogens with two attached hydrogens (primary N) is 1. The molecule has 0 aliphatic heterocycles. The molecule has 3 rings (SSSR count). The molecule has 120 valence electrons. The van der Waals surface area contributed by atoms with E-state index in [0.717, 1.165) is 41.3 Å². The summed E-state index contributed by atoms with van der Waals surface area (Å²) in [5, 5.41) is 0. The summed E-state index contributed by atoms with van der Waals surface area (Å²) in [5.41, 5.74) is 7.92. The highest BCUT2D eigenvalue weighted by atomic mass is 16.5. The summed E-state index contributed by atoms with van der Waals surface area (Å²) >= 11 is 0. The zero-order valence-electron chi connectivity index (χ0n) is 13.2. The van der Waals surface area contributed by atoms with Crippen molar-refractivity contribution in [1.82, 2.24) is 9.55 Å². The number of hydrogen-bond acceptors (Lipinski definition) is 4. The standard InChI is InChI=1S/C18H21N3O2/c1-22-14-7-9-15(10-8-14)23-12-4-11-21-17-6-3-2-5-16(17)20-18(21)13-19/h2-3,5-10H,4,11-13,19H2,1H3. The fourth-order valence-electron chi connectivity index (χ4n) is 2.62. The van der Waals surface area contributed by atoms with Gasteiger partial charge in [0.15, 0.2) is 0 Å². The molecule has 3 aromatic rings. The largest absolute Gasteiger partial charge is 0.497 e. The first-order valence-corrected chi connectivity index (χ1v) is 7.73. The van der Waals surface area contributed by atoms with Crippen molar-refractivity contribution in [2.24, 2.45) is 5.73 Å². The van der Waals surface area contributed by atoms with Crippen molar-refractivity contribution in [3.8, 4) is 11.5 Å². The van der Waals surface area contributed by atoms with E-state index in [1.807, 2.05) is 42.5 Å². The average Bonchev–Trinajstić information content (AvgIpc) is 2.97. The van der Waals surface area contributed by atoms with Gasteiger partial charge in [0, 0.05) is 6.54 Å². The van der Waals surface area contributed by atoms with Crippen LogP contribution in [0.2, 0.25) is 0 Å². The normalized spacial score (nSPS) is 10.9. The maximum atomic E-state index is 5.81. The molecule has 0 spiro atoms. The number of hydrogen-bond donors (Lipinski definition) is 1. The lowest BCUT2D eigenvalue weighted by atomic mass is 10.3. The molecule has 0 unspecified atom stereocenters. The van der Waals surface area contributed by atoms with Gasteiger partial charge >= 0.3 is 0 Å². The van der Waals surface area contributed by atoms with Crippen LogP contribution in [0.5, 0.6) is 11.5 Å². The number of aromatic nitrogens is 2. The van der Waals surface area contributed by atoms with Crippen LogP contribution in [0.1, 0.15) is 12.2 Å². The van der Waals surface area contributed by atoms with Crippen LogP contribution in [-0.2, 0) is 13.1 Å². The van der Waals surface area contributed by atoms with Crippen molar-refractivity contribution in [2.75, 3.05) is 13.7 Å². The van der Waals surface area contributed by atoms with Crippen molar-refractivity contribution in [3.05, 3.63) is 54.4 Å². The monoisotopic (exact) mass is 311 g/mol. The molecule has 1 heterocycles. The predicted molar refractivity (Wildman–Crippen MR) is 90.7 cm³/mol. The van der Waals surface area contributed by atoms with Crippen LogP contribution < -0.4 is 15.2 Å². The maximum absolute atomic E-state index is 5.81. The van der Waals surface area contributed by atoms with E-state index in [-0.39, 0.29) is 0 Å². The van der Waals surface area contributed by atoms with Gasteiger partial charge in [-0.25, -0.2) is 4.98 Å². The van der Waals surface area contributed by atoms with E-state index < -0.39 is 0 Å². The highest BCUT2D eigenvalue weighted by molar-refractivity contribution is 5.75. The molecular weight excluding hydrogens is 290 g/mol. The fourth-order valence-corrected chi connectivity index (χ4v) is 2.62. The van der Waals surface area contributed by atoms with Gasteiger partial charge in [-0.2, -0.15) is 0 Å². The summed E-state index contributed by atoms with van der Waals surface area (Å²) < 4.78 is 13.1. The molecule has 0 amide bonds. The average molecular weight is 311 g/mol. The Morgan fingerprint density at radius 3 is 2.52 bits per heavy atom. The Kier molecular flexibility index (Phi) is 4.78. The summed E-state index contributed by atoms with van der Waals surface area (Å²) in [7, 11) is 1.65. The summed E-state index contributed by atoms with van der Waals surface area (Å²) in [6, 6.07) is 15.7. The Hall–Kier alpha value is -2.53. The third-order valence-electron chi connectivity index (χ3n) is 3.77. The van der Waals surface area contributed by atoms with E-state index in [1.54, 1.807) is 7.11 Å². The number of rotatable bonds is 7. The number of benzene rings is 2. The molecule has 5 heteroatoms. The third kappa shape index (κ3) is 3.46. The maximum Gasteiger partial charge on any atom is 0.123 e. The van der Waals surface area contributed by atoms with Gasteiger partial charge in [0.1, 0.15) is 17.3 Å². The topological polar surface area (TPSA) is 62.3 Å². The van der Waals surface area contributed by atoms with E-state index in [4.69, 9.17) is 15.2 Å².